The summed E-state index contributed by atoms with van der Waals surface area (Å²) in [7, 11) is 0. The third-order valence-corrected chi connectivity index (χ3v) is 5.28. The number of thiophene rings is 1. The number of carbonyl (C=O) groups excluding carboxylic acids is 2. The molecule has 2 rings (SSSR count). The fourth-order valence-electron chi connectivity index (χ4n) is 2.64. The van der Waals surface area contributed by atoms with Crippen LogP contribution in [0.1, 0.15) is 42.6 Å². The van der Waals surface area contributed by atoms with Gasteiger partial charge in [0.2, 0.25) is 5.91 Å². The third-order valence-electron chi connectivity index (χ3n) is 3.61. The van der Waals surface area contributed by atoms with Crippen LogP contribution >= 0.6 is 47.5 Å². The minimum absolute atomic E-state index is 0. The van der Waals surface area contributed by atoms with Crippen LogP contribution in [0.4, 0.5) is 5.13 Å². The molecule has 27 heavy (non-hydrogen) atoms. The van der Waals surface area contributed by atoms with Crippen LogP contribution in [0.15, 0.2) is 22.9 Å². The van der Waals surface area contributed by atoms with Crippen LogP contribution in [0.5, 0.6) is 0 Å². The van der Waals surface area contributed by atoms with Crippen molar-refractivity contribution in [2.45, 2.75) is 39.2 Å². The number of amides is 2. The van der Waals surface area contributed by atoms with Crippen molar-refractivity contribution >= 4 is 64.4 Å². The molecule has 2 aromatic rings. The number of thiazole rings is 1. The van der Waals surface area contributed by atoms with Crippen molar-refractivity contribution in [1.82, 2.24) is 10.3 Å². The summed E-state index contributed by atoms with van der Waals surface area (Å²) in [6.45, 7) is 6.54. The van der Waals surface area contributed by atoms with E-state index < -0.39 is 5.54 Å². The van der Waals surface area contributed by atoms with Gasteiger partial charge in [0.1, 0.15) is 0 Å². The molecule has 6 nitrogen and oxygen atoms in total. The normalized spacial score (nSPS) is 12.5. The highest BCUT2D eigenvalue weighted by Gasteiger charge is 2.26. The standard InChI is InChI=1S/C17H24N4O2S2.2ClH/c1-11(2)8-17(3,10-18)21-14(22)7-12-9-25-16(19-12)20-15(23)13-5-4-6-24-13;;/h4-6,9,11H,7-8,10,18H2,1-3H3,(H,21,22)(H,19,20,23);2*1H. The first-order valence-electron chi connectivity index (χ1n) is 8.11. The van der Waals surface area contributed by atoms with Crippen molar-refractivity contribution in [3.63, 3.8) is 0 Å². The number of nitrogens with zero attached hydrogens (tertiary/aromatic N) is 1. The largest absolute Gasteiger partial charge is 0.349 e. The Balaban J connectivity index is 0.00000338. The Morgan fingerprint density at radius 1 is 1.30 bits per heavy atom. The highest BCUT2D eigenvalue weighted by Crippen LogP contribution is 2.19. The zero-order chi connectivity index (χ0) is 18.4. The van der Waals surface area contributed by atoms with E-state index >= 15 is 0 Å². The molecular weight excluding hydrogens is 427 g/mol. The number of aromatic nitrogens is 1. The molecule has 0 aromatic carbocycles. The van der Waals surface area contributed by atoms with Gasteiger partial charge in [0.15, 0.2) is 5.13 Å². The van der Waals surface area contributed by atoms with E-state index in [9.17, 15) is 9.59 Å². The van der Waals surface area contributed by atoms with Gasteiger partial charge < -0.3 is 11.1 Å². The predicted molar refractivity (Wildman–Crippen MR) is 118 cm³/mol. The summed E-state index contributed by atoms with van der Waals surface area (Å²) < 4.78 is 0. The van der Waals surface area contributed by atoms with Gasteiger partial charge in [0, 0.05) is 17.5 Å². The van der Waals surface area contributed by atoms with Gasteiger partial charge in [0.05, 0.1) is 17.0 Å². The Labute approximate surface area is 180 Å². The average Bonchev–Trinajstić information content (AvgIpc) is 3.18. The summed E-state index contributed by atoms with van der Waals surface area (Å²) in [6.07, 6.45) is 0.980. The fraction of sp³-hybridized carbons (Fsp3) is 0.471. The van der Waals surface area contributed by atoms with Crippen molar-refractivity contribution < 1.29 is 9.59 Å². The van der Waals surface area contributed by atoms with Crippen molar-refractivity contribution in [2.24, 2.45) is 11.7 Å². The zero-order valence-electron chi connectivity index (χ0n) is 15.5. The monoisotopic (exact) mass is 452 g/mol. The van der Waals surface area contributed by atoms with Gasteiger partial charge in [-0.15, -0.1) is 47.5 Å². The average molecular weight is 453 g/mol. The van der Waals surface area contributed by atoms with E-state index in [-0.39, 0.29) is 43.0 Å². The molecule has 0 bridgehead atoms. The maximum Gasteiger partial charge on any atom is 0.267 e. The van der Waals surface area contributed by atoms with Gasteiger partial charge in [-0.3, -0.25) is 14.9 Å². The Hall–Kier alpha value is -1.19. The molecule has 1 atom stereocenters. The summed E-state index contributed by atoms with van der Waals surface area (Å²) in [5.74, 6) is 0.134. The minimum Gasteiger partial charge on any atom is -0.349 e. The van der Waals surface area contributed by atoms with Crippen LogP contribution in [0.25, 0.3) is 0 Å². The smallest absolute Gasteiger partial charge is 0.267 e. The van der Waals surface area contributed by atoms with E-state index in [1.807, 2.05) is 18.4 Å². The number of carbonyl (C=O) groups is 2. The molecular formula is C17H26Cl2N4O2S2. The maximum atomic E-state index is 12.3. The zero-order valence-corrected chi connectivity index (χ0v) is 18.7. The molecule has 2 aromatic heterocycles. The van der Waals surface area contributed by atoms with Crippen molar-refractivity contribution in [2.75, 3.05) is 11.9 Å². The van der Waals surface area contributed by atoms with Crippen LogP contribution in [0, 0.1) is 5.92 Å². The lowest BCUT2D eigenvalue weighted by Crippen LogP contribution is -2.52. The van der Waals surface area contributed by atoms with Gasteiger partial charge in [-0.25, -0.2) is 4.98 Å². The van der Waals surface area contributed by atoms with Crippen LogP contribution in [-0.4, -0.2) is 28.9 Å². The first kappa shape index (κ1) is 25.8. The van der Waals surface area contributed by atoms with Gasteiger partial charge in [0.25, 0.3) is 5.91 Å². The SMILES string of the molecule is CC(C)CC(C)(CN)NC(=O)Cc1csc(NC(=O)c2cccs2)n1.Cl.Cl. The second-order valence-corrected chi connectivity index (χ2v) is 8.47. The van der Waals surface area contributed by atoms with E-state index in [0.717, 1.165) is 6.42 Å². The quantitative estimate of drug-likeness (QED) is 0.568. The number of hydrogen-bond acceptors (Lipinski definition) is 6. The molecule has 0 radical (unpaired) electrons. The molecule has 4 N–H and O–H groups in total. The number of anilines is 1. The molecule has 0 aliphatic rings. The number of halogens is 2. The Morgan fingerprint density at radius 3 is 2.56 bits per heavy atom. The topological polar surface area (TPSA) is 97.1 Å². The van der Waals surface area contributed by atoms with E-state index in [4.69, 9.17) is 5.73 Å². The van der Waals surface area contributed by atoms with E-state index in [2.05, 4.69) is 29.5 Å². The van der Waals surface area contributed by atoms with Gasteiger partial charge in [-0.1, -0.05) is 19.9 Å². The highest BCUT2D eigenvalue weighted by molar-refractivity contribution is 7.14. The second kappa shape index (κ2) is 11.6. The summed E-state index contributed by atoms with van der Waals surface area (Å²) in [5.41, 5.74) is 6.04. The van der Waals surface area contributed by atoms with Crippen molar-refractivity contribution in [1.29, 1.82) is 0 Å². The fourth-order valence-corrected chi connectivity index (χ4v) is 3.97. The number of hydrogen-bond donors (Lipinski definition) is 3. The van der Waals surface area contributed by atoms with E-state index in [1.54, 1.807) is 11.4 Å². The molecule has 0 saturated carbocycles. The molecule has 0 spiro atoms. The van der Waals surface area contributed by atoms with Gasteiger partial charge in [-0.05, 0) is 30.7 Å². The third kappa shape index (κ3) is 8.15. The lowest BCUT2D eigenvalue weighted by molar-refractivity contribution is -0.122. The Morgan fingerprint density at radius 2 is 2.00 bits per heavy atom. The predicted octanol–water partition coefficient (Wildman–Crippen LogP) is 3.72. The van der Waals surface area contributed by atoms with Crippen LogP contribution in [0.3, 0.4) is 0 Å². The molecule has 0 saturated heterocycles. The molecule has 152 valence electrons. The molecule has 0 fully saturated rings. The maximum absolute atomic E-state index is 12.3. The molecule has 0 aliphatic heterocycles. The van der Waals surface area contributed by atoms with Gasteiger partial charge in [-0.2, -0.15) is 0 Å². The summed E-state index contributed by atoms with van der Waals surface area (Å²) in [6, 6.07) is 3.58. The number of nitrogens with two attached hydrogens (primary N) is 1. The first-order chi connectivity index (χ1) is 11.8. The summed E-state index contributed by atoms with van der Waals surface area (Å²) in [4.78, 5) is 29.3. The van der Waals surface area contributed by atoms with Crippen LogP contribution < -0.4 is 16.4 Å². The number of rotatable bonds is 8. The lowest BCUT2D eigenvalue weighted by Gasteiger charge is -2.31. The van der Waals surface area contributed by atoms with Crippen LogP contribution in [-0.2, 0) is 11.2 Å². The molecule has 10 heteroatoms. The molecule has 2 amide bonds. The van der Waals surface area contributed by atoms with Crippen LogP contribution in [0.2, 0.25) is 0 Å². The Kier molecular flexibility index (Phi) is 11.1. The Bertz CT molecular complexity index is 722. The van der Waals surface area contributed by atoms with Gasteiger partial charge >= 0.3 is 0 Å². The lowest BCUT2D eigenvalue weighted by atomic mass is 9.90. The van der Waals surface area contributed by atoms with E-state index in [1.165, 1.54) is 22.7 Å². The van der Waals surface area contributed by atoms with Crippen molar-refractivity contribution in [3.05, 3.63) is 33.5 Å². The molecule has 2 heterocycles. The summed E-state index contributed by atoms with van der Waals surface area (Å²) in [5, 5.41) is 9.88. The highest BCUT2D eigenvalue weighted by atomic mass is 35.5. The number of nitrogens with one attached hydrogen (secondary N) is 2. The van der Waals surface area contributed by atoms with E-state index in [0.29, 0.717) is 28.2 Å². The first-order valence-corrected chi connectivity index (χ1v) is 9.87. The summed E-state index contributed by atoms with van der Waals surface area (Å²) >= 11 is 2.68. The molecule has 0 aliphatic carbocycles. The minimum atomic E-state index is -0.419. The van der Waals surface area contributed by atoms with Crippen molar-refractivity contribution in [3.8, 4) is 0 Å². The second-order valence-electron chi connectivity index (χ2n) is 6.66. The molecule has 1 unspecified atom stereocenters.